The van der Waals surface area contributed by atoms with Gasteiger partial charge in [0.25, 0.3) is 0 Å². The molecule has 0 bridgehead atoms. The molecule has 1 aromatic carbocycles. The van der Waals surface area contributed by atoms with Crippen LogP contribution in [0, 0.1) is 20.8 Å². The van der Waals surface area contributed by atoms with E-state index in [1.165, 1.54) is 5.56 Å². The van der Waals surface area contributed by atoms with Crippen LogP contribution in [0.1, 0.15) is 22.3 Å². The summed E-state index contributed by atoms with van der Waals surface area (Å²) in [7, 11) is 0. The normalized spacial score (nSPS) is 11.8. The van der Waals surface area contributed by atoms with Crippen LogP contribution in [0.3, 0.4) is 0 Å². The van der Waals surface area contributed by atoms with Gasteiger partial charge >= 0.3 is 0 Å². The van der Waals surface area contributed by atoms with E-state index >= 15 is 0 Å². The van der Waals surface area contributed by atoms with E-state index in [1.807, 2.05) is 32.9 Å². The van der Waals surface area contributed by atoms with E-state index in [2.05, 4.69) is 0 Å². The summed E-state index contributed by atoms with van der Waals surface area (Å²) in [6.45, 7) is 6.00. The van der Waals surface area contributed by atoms with Crippen molar-refractivity contribution in [3.8, 4) is 0 Å². The molecular formula is C10H11Cl3. The molecule has 0 aliphatic rings. The molecular weight excluding hydrogens is 226 g/mol. The highest BCUT2D eigenvalue weighted by Gasteiger charge is 2.25. The molecule has 0 heterocycles. The second-order valence-electron chi connectivity index (χ2n) is 3.25. The second kappa shape index (κ2) is 3.68. The summed E-state index contributed by atoms with van der Waals surface area (Å²) in [5, 5.41) is 0. The molecule has 0 amide bonds. The fourth-order valence-electron chi connectivity index (χ4n) is 1.27. The second-order valence-corrected chi connectivity index (χ2v) is 5.53. The topological polar surface area (TPSA) is 0 Å². The van der Waals surface area contributed by atoms with Crippen LogP contribution in [-0.4, -0.2) is 0 Å². The van der Waals surface area contributed by atoms with E-state index in [0.717, 1.165) is 16.7 Å². The van der Waals surface area contributed by atoms with E-state index in [4.69, 9.17) is 34.8 Å². The summed E-state index contributed by atoms with van der Waals surface area (Å²) >= 11 is 17.5. The molecule has 0 N–H and O–H groups in total. The number of rotatable bonds is 0. The first-order valence-electron chi connectivity index (χ1n) is 3.97. The zero-order chi connectivity index (χ0) is 10.2. The molecule has 0 saturated carbocycles. The van der Waals surface area contributed by atoms with Crippen molar-refractivity contribution in [2.75, 3.05) is 0 Å². The van der Waals surface area contributed by atoms with Crippen molar-refractivity contribution in [2.24, 2.45) is 0 Å². The van der Waals surface area contributed by atoms with Gasteiger partial charge in [0.1, 0.15) is 0 Å². The molecule has 0 atom stereocenters. The number of alkyl halides is 3. The summed E-state index contributed by atoms with van der Waals surface area (Å²) in [5.41, 5.74) is 4.14. The van der Waals surface area contributed by atoms with Crippen LogP contribution in [0.2, 0.25) is 0 Å². The van der Waals surface area contributed by atoms with Crippen LogP contribution in [0.5, 0.6) is 0 Å². The minimum Gasteiger partial charge on any atom is -0.0784 e. The van der Waals surface area contributed by atoms with Gasteiger partial charge in [-0.15, -0.1) is 0 Å². The van der Waals surface area contributed by atoms with Gasteiger partial charge < -0.3 is 0 Å². The third kappa shape index (κ3) is 2.52. The molecule has 1 aromatic rings. The molecule has 0 unspecified atom stereocenters. The Morgan fingerprint density at radius 3 is 1.77 bits per heavy atom. The van der Waals surface area contributed by atoms with Gasteiger partial charge in [-0.1, -0.05) is 46.9 Å². The molecule has 13 heavy (non-hydrogen) atoms. The molecule has 0 aromatic heterocycles. The lowest BCUT2D eigenvalue weighted by atomic mass is 10.0. The van der Waals surface area contributed by atoms with Crippen molar-refractivity contribution in [1.29, 1.82) is 0 Å². The highest BCUT2D eigenvalue weighted by atomic mass is 35.6. The van der Waals surface area contributed by atoms with Crippen molar-refractivity contribution in [2.45, 2.75) is 24.6 Å². The van der Waals surface area contributed by atoms with Crippen molar-refractivity contribution in [3.63, 3.8) is 0 Å². The van der Waals surface area contributed by atoms with Crippen molar-refractivity contribution in [3.05, 3.63) is 34.4 Å². The summed E-state index contributed by atoms with van der Waals surface area (Å²) < 4.78 is -1.32. The fourth-order valence-corrected chi connectivity index (χ4v) is 1.88. The first-order valence-corrected chi connectivity index (χ1v) is 5.11. The van der Waals surface area contributed by atoms with Crippen LogP contribution in [0.15, 0.2) is 12.1 Å². The highest BCUT2D eigenvalue weighted by molar-refractivity contribution is 6.66. The van der Waals surface area contributed by atoms with E-state index < -0.39 is 3.79 Å². The molecule has 72 valence electrons. The van der Waals surface area contributed by atoms with Crippen LogP contribution >= 0.6 is 34.8 Å². The summed E-state index contributed by atoms with van der Waals surface area (Å²) in [6, 6.07) is 3.96. The van der Waals surface area contributed by atoms with Crippen LogP contribution < -0.4 is 0 Å². The minimum absolute atomic E-state index is 0.764. The van der Waals surface area contributed by atoms with Gasteiger partial charge in [-0.05, 0) is 37.5 Å². The third-order valence-corrected chi connectivity index (χ3v) is 2.76. The largest absolute Gasteiger partial charge is 0.216 e. The molecule has 1 rings (SSSR count). The first-order chi connectivity index (χ1) is 5.82. The Morgan fingerprint density at radius 2 is 1.31 bits per heavy atom. The Kier molecular flexibility index (Phi) is 3.16. The Labute approximate surface area is 93.8 Å². The van der Waals surface area contributed by atoms with Gasteiger partial charge in [0.2, 0.25) is 3.79 Å². The smallest absolute Gasteiger partial charge is 0.0784 e. The maximum absolute atomic E-state index is 5.82. The Balaban J connectivity index is 3.32. The SMILES string of the molecule is Cc1cc(C)c(C(Cl)(Cl)Cl)cc1C. The predicted octanol–water partition coefficient (Wildman–Crippen LogP) is 4.44. The molecule has 3 heteroatoms. The first kappa shape index (κ1) is 11.2. The maximum atomic E-state index is 5.82. The fraction of sp³-hybridized carbons (Fsp3) is 0.400. The number of aryl methyl sites for hydroxylation is 3. The van der Waals surface area contributed by atoms with Gasteiger partial charge in [0.15, 0.2) is 0 Å². The van der Waals surface area contributed by atoms with Crippen molar-refractivity contribution >= 4 is 34.8 Å². The zero-order valence-corrected chi connectivity index (χ0v) is 10.1. The lowest BCUT2D eigenvalue weighted by Crippen LogP contribution is -2.04. The maximum Gasteiger partial charge on any atom is 0.216 e. The van der Waals surface area contributed by atoms with Gasteiger partial charge in [-0.3, -0.25) is 0 Å². The molecule has 0 nitrogen and oxygen atoms in total. The lowest BCUT2D eigenvalue weighted by Gasteiger charge is -2.16. The summed E-state index contributed by atoms with van der Waals surface area (Å²) in [5.74, 6) is 0. The van der Waals surface area contributed by atoms with Crippen LogP contribution in [0.4, 0.5) is 0 Å². The molecule has 0 aliphatic carbocycles. The molecule has 0 fully saturated rings. The third-order valence-electron chi connectivity index (χ3n) is 2.15. The minimum atomic E-state index is -1.32. The lowest BCUT2D eigenvalue weighted by molar-refractivity contribution is 1.15. The standard InChI is InChI=1S/C10H11Cl3/c1-6-4-8(3)9(5-7(6)2)10(11,12)13/h4-5H,1-3H3. The van der Waals surface area contributed by atoms with Gasteiger partial charge in [0, 0.05) is 5.56 Å². The highest BCUT2D eigenvalue weighted by Crippen LogP contribution is 2.40. The zero-order valence-electron chi connectivity index (χ0n) is 7.79. The number of hydrogen-bond acceptors (Lipinski definition) is 0. The summed E-state index contributed by atoms with van der Waals surface area (Å²) in [6.07, 6.45) is 0. The van der Waals surface area contributed by atoms with Gasteiger partial charge in [-0.2, -0.15) is 0 Å². The van der Waals surface area contributed by atoms with Crippen molar-refractivity contribution < 1.29 is 0 Å². The number of benzene rings is 1. The molecule has 0 spiro atoms. The average molecular weight is 238 g/mol. The van der Waals surface area contributed by atoms with Gasteiger partial charge in [-0.25, -0.2) is 0 Å². The van der Waals surface area contributed by atoms with Crippen LogP contribution in [-0.2, 0) is 3.79 Å². The van der Waals surface area contributed by atoms with Gasteiger partial charge in [0.05, 0.1) is 0 Å². The quantitative estimate of drug-likeness (QED) is 0.585. The van der Waals surface area contributed by atoms with E-state index in [1.54, 1.807) is 0 Å². The molecule has 0 aliphatic heterocycles. The predicted molar refractivity (Wildman–Crippen MR) is 59.9 cm³/mol. The molecule has 0 saturated heterocycles. The van der Waals surface area contributed by atoms with Crippen molar-refractivity contribution in [1.82, 2.24) is 0 Å². The summed E-state index contributed by atoms with van der Waals surface area (Å²) in [4.78, 5) is 0. The van der Waals surface area contributed by atoms with Crippen LogP contribution in [0.25, 0.3) is 0 Å². The van der Waals surface area contributed by atoms with E-state index in [0.29, 0.717) is 0 Å². The Morgan fingerprint density at radius 1 is 0.846 bits per heavy atom. The monoisotopic (exact) mass is 236 g/mol. The Hall–Kier alpha value is 0.0900. The number of hydrogen-bond donors (Lipinski definition) is 0. The van der Waals surface area contributed by atoms with E-state index in [9.17, 15) is 0 Å². The molecule has 0 radical (unpaired) electrons. The van der Waals surface area contributed by atoms with E-state index in [-0.39, 0.29) is 0 Å². The Bertz CT molecular complexity index is 324. The number of halogens is 3. The average Bonchev–Trinajstić information content (AvgIpc) is 1.94.